The van der Waals surface area contributed by atoms with Crippen molar-refractivity contribution in [2.45, 2.75) is 0 Å². The Hall–Kier alpha value is -2.56. The lowest BCUT2D eigenvalue weighted by Crippen LogP contribution is -2.12. The topological polar surface area (TPSA) is 73.9 Å². The van der Waals surface area contributed by atoms with Gasteiger partial charge in [-0.3, -0.25) is 5.41 Å². The molecule has 0 aromatic heterocycles. The second-order valence-corrected chi connectivity index (χ2v) is 3.75. The summed E-state index contributed by atoms with van der Waals surface area (Å²) in [6.07, 6.45) is 0. The number of rotatable bonds is 4. The quantitative estimate of drug-likeness (QED) is 0.379. The Kier molecular flexibility index (Phi) is 3.43. The van der Waals surface area contributed by atoms with Crippen LogP contribution in [0.1, 0.15) is 5.56 Å². The number of nitrogen functional groups attached to an aromatic ring is 1. The first-order chi connectivity index (χ1) is 8.65. The molecule has 18 heavy (non-hydrogen) atoms. The van der Waals surface area contributed by atoms with Gasteiger partial charge in [0.15, 0.2) is 0 Å². The molecule has 0 fully saturated rings. The van der Waals surface area contributed by atoms with E-state index in [2.05, 4.69) is 10.9 Å². The molecule has 5 heteroatoms. The van der Waals surface area contributed by atoms with Gasteiger partial charge in [0.25, 0.3) is 0 Å². The van der Waals surface area contributed by atoms with Crippen LogP contribution < -0.4 is 16.6 Å². The molecule has 0 heterocycles. The first-order valence-corrected chi connectivity index (χ1v) is 5.37. The van der Waals surface area contributed by atoms with Gasteiger partial charge in [-0.15, -0.1) is 0 Å². The Morgan fingerprint density at radius 2 is 1.33 bits per heavy atom. The number of hydrogen-bond acceptors (Lipinski definition) is 3. The van der Waals surface area contributed by atoms with Crippen molar-refractivity contribution in [3.05, 3.63) is 59.9 Å². The maximum atomic E-state index is 12.7. The van der Waals surface area contributed by atoms with Gasteiger partial charge in [0.05, 0.1) is 11.4 Å². The molecule has 0 aliphatic heterocycles. The first kappa shape index (κ1) is 11.9. The highest BCUT2D eigenvalue weighted by atomic mass is 19.1. The summed E-state index contributed by atoms with van der Waals surface area (Å²) in [6, 6.07) is 13.1. The summed E-state index contributed by atoms with van der Waals surface area (Å²) in [5.41, 5.74) is 13.5. The van der Waals surface area contributed by atoms with Crippen LogP contribution in [0.15, 0.2) is 48.5 Å². The molecular weight excluding hydrogens is 231 g/mol. The number of hydrogen-bond donors (Lipinski definition) is 4. The third kappa shape index (κ3) is 2.98. The van der Waals surface area contributed by atoms with Crippen LogP contribution in [-0.2, 0) is 0 Å². The number of benzene rings is 2. The number of halogens is 1. The highest BCUT2D eigenvalue weighted by molar-refractivity contribution is 5.95. The molecule has 0 atom stereocenters. The minimum Gasteiger partial charge on any atom is -0.384 e. The summed E-state index contributed by atoms with van der Waals surface area (Å²) < 4.78 is 12.7. The molecule has 2 rings (SSSR count). The summed E-state index contributed by atoms with van der Waals surface area (Å²) in [7, 11) is 0. The van der Waals surface area contributed by atoms with Crippen molar-refractivity contribution in [1.29, 1.82) is 5.41 Å². The molecular formula is C13H13FN4. The van der Waals surface area contributed by atoms with Crippen LogP contribution in [0.5, 0.6) is 0 Å². The Labute approximate surface area is 104 Å². The molecule has 92 valence electrons. The van der Waals surface area contributed by atoms with Crippen LogP contribution in [-0.4, -0.2) is 5.84 Å². The molecule has 0 amide bonds. The van der Waals surface area contributed by atoms with Crippen LogP contribution in [0.25, 0.3) is 0 Å². The van der Waals surface area contributed by atoms with Gasteiger partial charge in [-0.1, -0.05) is 0 Å². The van der Waals surface area contributed by atoms with E-state index < -0.39 is 0 Å². The van der Waals surface area contributed by atoms with Crippen LogP contribution >= 0.6 is 0 Å². The smallest absolute Gasteiger partial charge is 0.123 e. The van der Waals surface area contributed by atoms with Gasteiger partial charge in [0.1, 0.15) is 11.7 Å². The van der Waals surface area contributed by atoms with E-state index in [1.54, 1.807) is 36.4 Å². The lowest BCUT2D eigenvalue weighted by atomic mass is 10.2. The standard InChI is InChI=1S/C13H13FN4/c14-10-3-7-12(8-4-10)18-17-11-5-1-9(2-6-11)13(15)16/h1-8,17-18H,(H3,15,16). The summed E-state index contributed by atoms with van der Waals surface area (Å²) >= 11 is 0. The molecule has 0 saturated heterocycles. The Balaban J connectivity index is 1.97. The van der Waals surface area contributed by atoms with Crippen molar-refractivity contribution in [2.75, 3.05) is 10.9 Å². The van der Waals surface area contributed by atoms with Gasteiger partial charge < -0.3 is 16.6 Å². The largest absolute Gasteiger partial charge is 0.384 e. The number of hydrazine groups is 1. The molecule has 0 aliphatic rings. The highest BCUT2D eigenvalue weighted by Gasteiger charge is 1.97. The fraction of sp³-hybridized carbons (Fsp3) is 0. The van der Waals surface area contributed by atoms with Gasteiger partial charge in [0, 0.05) is 5.56 Å². The molecule has 0 unspecified atom stereocenters. The van der Waals surface area contributed by atoms with Crippen LogP contribution in [0.2, 0.25) is 0 Å². The predicted octanol–water partition coefficient (Wildman–Crippen LogP) is 2.55. The summed E-state index contributed by atoms with van der Waals surface area (Å²) in [4.78, 5) is 0. The molecule has 0 aliphatic carbocycles. The molecule has 4 nitrogen and oxygen atoms in total. The second-order valence-electron chi connectivity index (χ2n) is 3.75. The van der Waals surface area contributed by atoms with E-state index in [4.69, 9.17) is 11.1 Å². The first-order valence-electron chi connectivity index (χ1n) is 5.37. The second kappa shape index (κ2) is 5.18. The molecule has 0 spiro atoms. The average Bonchev–Trinajstić information content (AvgIpc) is 2.38. The maximum Gasteiger partial charge on any atom is 0.123 e. The Morgan fingerprint density at radius 1 is 0.889 bits per heavy atom. The van der Waals surface area contributed by atoms with Crippen LogP contribution in [0.3, 0.4) is 0 Å². The zero-order valence-electron chi connectivity index (χ0n) is 9.57. The SMILES string of the molecule is N=C(N)c1ccc(NNc2ccc(F)cc2)cc1. The summed E-state index contributed by atoms with van der Waals surface area (Å²) in [6.45, 7) is 0. The van der Waals surface area contributed by atoms with E-state index >= 15 is 0 Å². The van der Waals surface area contributed by atoms with Gasteiger partial charge in [-0.2, -0.15) is 0 Å². The molecule has 5 N–H and O–H groups in total. The zero-order valence-corrected chi connectivity index (χ0v) is 9.57. The lowest BCUT2D eigenvalue weighted by Gasteiger charge is -2.10. The fourth-order valence-corrected chi connectivity index (χ4v) is 1.41. The Morgan fingerprint density at radius 3 is 1.78 bits per heavy atom. The molecule has 2 aromatic carbocycles. The van der Waals surface area contributed by atoms with Gasteiger partial charge in [0.2, 0.25) is 0 Å². The van der Waals surface area contributed by atoms with Crippen molar-refractivity contribution in [2.24, 2.45) is 5.73 Å². The zero-order chi connectivity index (χ0) is 13.0. The highest BCUT2D eigenvalue weighted by Crippen LogP contribution is 2.12. The van der Waals surface area contributed by atoms with Gasteiger partial charge in [-0.05, 0) is 48.5 Å². The molecule has 0 radical (unpaired) electrons. The van der Waals surface area contributed by atoms with E-state index in [1.165, 1.54) is 12.1 Å². The van der Waals surface area contributed by atoms with Crippen molar-refractivity contribution in [3.63, 3.8) is 0 Å². The van der Waals surface area contributed by atoms with E-state index in [9.17, 15) is 4.39 Å². The van der Waals surface area contributed by atoms with Gasteiger partial charge >= 0.3 is 0 Å². The third-order valence-corrected chi connectivity index (χ3v) is 2.39. The Bertz CT molecular complexity index is 534. The summed E-state index contributed by atoms with van der Waals surface area (Å²) in [5, 5.41) is 7.27. The third-order valence-electron chi connectivity index (χ3n) is 2.39. The van der Waals surface area contributed by atoms with Crippen molar-refractivity contribution >= 4 is 17.2 Å². The van der Waals surface area contributed by atoms with E-state index in [0.717, 1.165) is 11.4 Å². The van der Waals surface area contributed by atoms with Crippen molar-refractivity contribution in [1.82, 2.24) is 0 Å². The van der Waals surface area contributed by atoms with E-state index in [0.29, 0.717) is 5.56 Å². The number of nitrogens with one attached hydrogen (secondary N) is 3. The lowest BCUT2D eigenvalue weighted by molar-refractivity contribution is 0.628. The van der Waals surface area contributed by atoms with Crippen LogP contribution in [0.4, 0.5) is 15.8 Å². The monoisotopic (exact) mass is 244 g/mol. The summed E-state index contributed by atoms with van der Waals surface area (Å²) in [5.74, 6) is -0.237. The maximum absolute atomic E-state index is 12.7. The van der Waals surface area contributed by atoms with Gasteiger partial charge in [-0.25, -0.2) is 4.39 Å². The number of amidine groups is 1. The fourth-order valence-electron chi connectivity index (χ4n) is 1.41. The minimum atomic E-state index is -0.272. The molecule has 0 saturated carbocycles. The van der Waals surface area contributed by atoms with Crippen molar-refractivity contribution in [3.8, 4) is 0 Å². The number of nitrogens with two attached hydrogens (primary N) is 1. The van der Waals surface area contributed by atoms with E-state index in [1.807, 2.05) is 0 Å². The minimum absolute atomic E-state index is 0.0352. The normalized spacial score (nSPS) is 9.83. The number of anilines is 2. The predicted molar refractivity (Wildman–Crippen MR) is 71.1 cm³/mol. The van der Waals surface area contributed by atoms with Crippen LogP contribution in [0, 0.1) is 11.2 Å². The average molecular weight is 244 g/mol. The van der Waals surface area contributed by atoms with E-state index in [-0.39, 0.29) is 11.7 Å². The molecule has 0 bridgehead atoms. The molecule has 2 aromatic rings. The van der Waals surface area contributed by atoms with Crippen molar-refractivity contribution < 1.29 is 4.39 Å².